The molecule has 1 fully saturated rings. The van der Waals surface area contributed by atoms with Crippen LogP contribution in [-0.2, 0) is 0 Å². The second-order valence-corrected chi connectivity index (χ2v) is 5.82. The molecule has 0 aliphatic carbocycles. The minimum atomic E-state index is -0.894. The first kappa shape index (κ1) is 17.7. The largest absolute Gasteiger partial charge is 0.474 e. The smallest absolute Gasteiger partial charge is 0.276 e. The topological polar surface area (TPSA) is 85.6 Å². The Kier molecular flexibility index (Phi) is 5.06. The molecule has 9 heteroatoms. The fourth-order valence-electron chi connectivity index (χ4n) is 2.78. The minimum Gasteiger partial charge on any atom is -0.474 e. The zero-order valence-corrected chi connectivity index (χ0v) is 13.6. The predicted octanol–water partition coefficient (Wildman–Crippen LogP) is 2.95. The van der Waals surface area contributed by atoms with Gasteiger partial charge in [-0.15, -0.1) is 0 Å². The number of amides is 1. The van der Waals surface area contributed by atoms with Crippen LogP contribution in [0.4, 0.5) is 14.5 Å². The molecule has 0 radical (unpaired) electrons. The molecule has 2 aromatic rings. The third-order valence-corrected chi connectivity index (χ3v) is 4.12. The highest BCUT2D eigenvalue weighted by molar-refractivity contribution is 5.94. The van der Waals surface area contributed by atoms with Crippen molar-refractivity contribution in [2.45, 2.75) is 18.9 Å². The lowest BCUT2D eigenvalue weighted by atomic mass is 10.1. The van der Waals surface area contributed by atoms with Gasteiger partial charge in [-0.3, -0.25) is 14.9 Å². The molecular formula is C17H15F2N3O4. The van der Waals surface area contributed by atoms with E-state index < -0.39 is 28.0 Å². The highest BCUT2D eigenvalue weighted by Gasteiger charge is 2.28. The van der Waals surface area contributed by atoms with E-state index in [1.165, 1.54) is 29.3 Å². The van der Waals surface area contributed by atoms with Gasteiger partial charge in [-0.25, -0.2) is 13.8 Å². The number of piperidine rings is 1. The highest BCUT2D eigenvalue weighted by atomic mass is 19.1. The summed E-state index contributed by atoms with van der Waals surface area (Å²) in [7, 11) is 0. The van der Waals surface area contributed by atoms with E-state index in [0.717, 1.165) is 12.1 Å². The van der Waals surface area contributed by atoms with Gasteiger partial charge in [0.1, 0.15) is 23.3 Å². The van der Waals surface area contributed by atoms with Crippen molar-refractivity contribution in [1.82, 2.24) is 9.88 Å². The van der Waals surface area contributed by atoms with Crippen LogP contribution in [-0.4, -0.2) is 39.9 Å². The first-order valence-electron chi connectivity index (χ1n) is 7.96. The van der Waals surface area contributed by atoms with Crippen molar-refractivity contribution in [2.75, 3.05) is 13.1 Å². The summed E-state index contributed by atoms with van der Waals surface area (Å²) in [6, 6.07) is 5.78. The number of rotatable bonds is 4. The average molecular weight is 363 g/mol. The van der Waals surface area contributed by atoms with Crippen molar-refractivity contribution in [3.63, 3.8) is 0 Å². The molecule has 1 aromatic carbocycles. The van der Waals surface area contributed by atoms with Crippen molar-refractivity contribution >= 4 is 11.6 Å². The molecule has 2 heterocycles. The van der Waals surface area contributed by atoms with Crippen LogP contribution in [0.3, 0.4) is 0 Å². The van der Waals surface area contributed by atoms with Gasteiger partial charge in [-0.05, 0) is 12.1 Å². The molecule has 7 nitrogen and oxygen atoms in total. The number of carbonyl (C=O) groups excluding carboxylic acids is 1. The number of ether oxygens (including phenoxy) is 1. The van der Waals surface area contributed by atoms with Crippen LogP contribution >= 0.6 is 0 Å². The third kappa shape index (κ3) is 3.76. The normalized spacial score (nSPS) is 14.9. The molecule has 0 atom stereocenters. The van der Waals surface area contributed by atoms with E-state index in [0.29, 0.717) is 12.8 Å². The zero-order valence-electron chi connectivity index (χ0n) is 13.6. The molecule has 1 amide bonds. The maximum atomic E-state index is 13.7. The Labute approximate surface area is 147 Å². The van der Waals surface area contributed by atoms with E-state index in [1.807, 2.05) is 0 Å². The second-order valence-electron chi connectivity index (χ2n) is 5.82. The van der Waals surface area contributed by atoms with Gasteiger partial charge in [0.15, 0.2) is 0 Å². The van der Waals surface area contributed by atoms with Gasteiger partial charge in [0.2, 0.25) is 5.88 Å². The molecule has 136 valence electrons. The molecule has 1 aliphatic rings. The molecule has 3 rings (SSSR count). The number of nitrogens with zero attached hydrogens (tertiary/aromatic N) is 3. The van der Waals surface area contributed by atoms with Crippen LogP contribution in [0.25, 0.3) is 0 Å². The molecule has 0 spiro atoms. The number of likely N-dealkylation sites (tertiary alicyclic amines) is 1. The molecule has 1 aromatic heterocycles. The number of pyridine rings is 1. The maximum Gasteiger partial charge on any atom is 0.276 e. The van der Waals surface area contributed by atoms with Crippen LogP contribution < -0.4 is 4.74 Å². The molecule has 0 unspecified atom stereocenters. The highest BCUT2D eigenvalue weighted by Crippen LogP contribution is 2.23. The van der Waals surface area contributed by atoms with Gasteiger partial charge in [-0.2, -0.15) is 0 Å². The third-order valence-electron chi connectivity index (χ3n) is 4.12. The fraction of sp³-hybridized carbons (Fsp3) is 0.294. The van der Waals surface area contributed by atoms with Gasteiger partial charge in [0.25, 0.3) is 11.6 Å². The van der Waals surface area contributed by atoms with Gasteiger partial charge >= 0.3 is 0 Å². The van der Waals surface area contributed by atoms with Crippen LogP contribution in [0.2, 0.25) is 0 Å². The summed E-state index contributed by atoms with van der Waals surface area (Å²) in [5.41, 5.74) is -0.690. The molecule has 1 saturated heterocycles. The van der Waals surface area contributed by atoms with E-state index in [9.17, 15) is 23.7 Å². The molecule has 26 heavy (non-hydrogen) atoms. The Balaban J connectivity index is 1.62. The number of nitro groups is 1. The minimum absolute atomic E-state index is 0.127. The first-order valence-corrected chi connectivity index (χ1v) is 7.96. The fourth-order valence-corrected chi connectivity index (χ4v) is 2.78. The Morgan fingerprint density at radius 1 is 1.23 bits per heavy atom. The molecule has 1 aliphatic heterocycles. The van der Waals surface area contributed by atoms with Crippen molar-refractivity contribution in [3.8, 4) is 5.88 Å². The summed E-state index contributed by atoms with van der Waals surface area (Å²) < 4.78 is 33.1. The summed E-state index contributed by atoms with van der Waals surface area (Å²) in [6.45, 7) is 0.512. The second kappa shape index (κ2) is 7.42. The van der Waals surface area contributed by atoms with Gasteiger partial charge in [-0.1, -0.05) is 6.07 Å². The zero-order chi connectivity index (χ0) is 18.7. The monoisotopic (exact) mass is 363 g/mol. The van der Waals surface area contributed by atoms with Crippen molar-refractivity contribution in [1.29, 1.82) is 0 Å². The van der Waals surface area contributed by atoms with E-state index in [4.69, 9.17) is 4.74 Å². The number of halogens is 2. The summed E-state index contributed by atoms with van der Waals surface area (Å²) in [5.74, 6) is -2.36. The standard InChI is InChI=1S/C17H15F2N3O4/c18-13-2-1-3-14(19)16(13)17(23)21-8-5-12(6-9-21)26-15-10-11(22(24)25)4-7-20-15/h1-4,7,10,12H,5-6,8-9H2. The lowest BCUT2D eigenvalue weighted by Crippen LogP contribution is -2.42. The number of hydrogen-bond donors (Lipinski definition) is 0. The van der Waals surface area contributed by atoms with E-state index >= 15 is 0 Å². The summed E-state index contributed by atoms with van der Waals surface area (Å²) in [4.78, 5) is 27.9. The first-order chi connectivity index (χ1) is 12.5. The van der Waals surface area contributed by atoms with Gasteiger partial charge < -0.3 is 9.64 Å². The Hall–Kier alpha value is -3.10. The predicted molar refractivity (Wildman–Crippen MR) is 86.8 cm³/mol. The Morgan fingerprint density at radius 2 is 1.88 bits per heavy atom. The van der Waals surface area contributed by atoms with E-state index in [-0.39, 0.29) is 30.8 Å². The summed E-state index contributed by atoms with van der Waals surface area (Å²) in [5, 5.41) is 10.8. The van der Waals surface area contributed by atoms with Crippen LogP contribution in [0.5, 0.6) is 5.88 Å². The molecule has 0 bridgehead atoms. The van der Waals surface area contributed by atoms with Crippen molar-refractivity contribution in [2.24, 2.45) is 0 Å². The quantitative estimate of drug-likeness (QED) is 0.616. The SMILES string of the molecule is O=C(c1c(F)cccc1F)N1CCC(Oc2cc([N+](=O)[O-])ccn2)CC1. The van der Waals surface area contributed by atoms with Gasteiger partial charge in [0, 0.05) is 38.2 Å². The Bertz CT molecular complexity index is 818. The number of hydrogen-bond acceptors (Lipinski definition) is 5. The summed E-state index contributed by atoms with van der Waals surface area (Å²) >= 11 is 0. The Morgan fingerprint density at radius 3 is 2.50 bits per heavy atom. The van der Waals surface area contributed by atoms with Crippen LogP contribution in [0, 0.1) is 21.7 Å². The molecule has 0 N–H and O–H groups in total. The number of aromatic nitrogens is 1. The number of benzene rings is 1. The molecular weight excluding hydrogens is 348 g/mol. The number of carbonyl (C=O) groups is 1. The van der Waals surface area contributed by atoms with Gasteiger partial charge in [0.05, 0.1) is 11.0 Å². The average Bonchev–Trinajstić information content (AvgIpc) is 2.62. The van der Waals surface area contributed by atoms with Crippen molar-refractivity contribution in [3.05, 3.63) is 63.8 Å². The van der Waals surface area contributed by atoms with Crippen molar-refractivity contribution < 1.29 is 23.2 Å². The lowest BCUT2D eigenvalue weighted by Gasteiger charge is -2.32. The molecule has 0 saturated carbocycles. The summed E-state index contributed by atoms with van der Waals surface area (Å²) in [6.07, 6.45) is 1.84. The van der Waals surface area contributed by atoms with Crippen LogP contribution in [0.1, 0.15) is 23.2 Å². The lowest BCUT2D eigenvalue weighted by molar-refractivity contribution is -0.385. The maximum absolute atomic E-state index is 13.7. The van der Waals surface area contributed by atoms with E-state index in [1.54, 1.807) is 0 Å². The van der Waals surface area contributed by atoms with E-state index in [2.05, 4.69) is 4.98 Å². The van der Waals surface area contributed by atoms with Crippen LogP contribution in [0.15, 0.2) is 36.5 Å².